The molecule has 1 aliphatic heterocycles. The lowest BCUT2D eigenvalue weighted by atomic mass is 9.86. The number of likely N-dealkylation sites (tertiary alicyclic amines) is 1. The third-order valence-corrected chi connectivity index (χ3v) is 4.39. The van der Waals surface area contributed by atoms with Crippen LogP contribution in [-0.4, -0.2) is 62.0 Å². The molecule has 4 nitrogen and oxygen atoms in total. The largest absolute Gasteiger partial charge is 0.345 e. The van der Waals surface area contributed by atoms with Crippen molar-refractivity contribution in [2.45, 2.75) is 25.3 Å². The summed E-state index contributed by atoms with van der Waals surface area (Å²) in [5, 5.41) is 3.19. The zero-order valence-electron chi connectivity index (χ0n) is 13.9. The van der Waals surface area contributed by atoms with Gasteiger partial charge in [-0.05, 0) is 58.6 Å². The lowest BCUT2D eigenvalue weighted by Gasteiger charge is -2.43. The van der Waals surface area contributed by atoms with Gasteiger partial charge in [-0.3, -0.25) is 4.79 Å². The summed E-state index contributed by atoms with van der Waals surface area (Å²) in [5.41, 5.74) is 0.982. The standard InChI is InChI=1S/C17H26FN3O/c1-13-5-6-14(18)11-15(13)16(22)19-17(12-20(2)3)7-9-21(4)10-8-17/h5-6,11H,7-10,12H2,1-4H3,(H,19,22). The lowest BCUT2D eigenvalue weighted by Crippen LogP contribution is -2.59. The van der Waals surface area contributed by atoms with Crippen LogP contribution in [0.25, 0.3) is 0 Å². The van der Waals surface area contributed by atoms with Crippen LogP contribution in [0.5, 0.6) is 0 Å². The van der Waals surface area contributed by atoms with E-state index in [2.05, 4.69) is 22.2 Å². The third-order valence-electron chi connectivity index (χ3n) is 4.39. The lowest BCUT2D eigenvalue weighted by molar-refractivity contribution is 0.0778. The fourth-order valence-corrected chi connectivity index (χ4v) is 3.12. The fourth-order valence-electron chi connectivity index (χ4n) is 3.12. The summed E-state index contributed by atoms with van der Waals surface area (Å²) < 4.78 is 13.4. The second-order valence-electron chi connectivity index (χ2n) is 6.73. The summed E-state index contributed by atoms with van der Waals surface area (Å²) in [6.07, 6.45) is 1.81. The maximum atomic E-state index is 13.4. The van der Waals surface area contributed by atoms with Crippen LogP contribution in [0.1, 0.15) is 28.8 Å². The van der Waals surface area contributed by atoms with E-state index < -0.39 is 0 Å². The molecule has 0 radical (unpaired) electrons. The summed E-state index contributed by atoms with van der Waals surface area (Å²) in [7, 11) is 6.12. The van der Waals surface area contributed by atoms with Crippen molar-refractivity contribution in [1.82, 2.24) is 15.1 Å². The molecule has 2 rings (SSSR count). The van der Waals surface area contributed by atoms with Gasteiger partial charge >= 0.3 is 0 Å². The Morgan fingerprint density at radius 1 is 1.36 bits per heavy atom. The van der Waals surface area contributed by atoms with Gasteiger partial charge in [0, 0.05) is 25.2 Å². The van der Waals surface area contributed by atoms with Gasteiger partial charge in [0.25, 0.3) is 5.91 Å². The molecule has 1 N–H and O–H groups in total. The van der Waals surface area contributed by atoms with Crippen LogP contribution in [0.3, 0.4) is 0 Å². The number of nitrogens with zero attached hydrogens (tertiary/aromatic N) is 2. The molecule has 1 saturated heterocycles. The van der Waals surface area contributed by atoms with Crippen molar-refractivity contribution in [2.75, 3.05) is 40.8 Å². The second-order valence-corrected chi connectivity index (χ2v) is 6.73. The molecule has 1 amide bonds. The normalized spacial score (nSPS) is 18.5. The first-order valence-corrected chi connectivity index (χ1v) is 7.73. The summed E-state index contributed by atoms with van der Waals surface area (Å²) >= 11 is 0. The summed E-state index contributed by atoms with van der Waals surface area (Å²) in [5.74, 6) is -0.552. The zero-order chi connectivity index (χ0) is 16.3. The van der Waals surface area contributed by atoms with E-state index in [9.17, 15) is 9.18 Å². The Balaban J connectivity index is 2.19. The number of carbonyl (C=O) groups is 1. The van der Waals surface area contributed by atoms with Crippen molar-refractivity contribution in [1.29, 1.82) is 0 Å². The maximum absolute atomic E-state index is 13.4. The number of hydrogen-bond acceptors (Lipinski definition) is 3. The highest BCUT2D eigenvalue weighted by molar-refractivity contribution is 5.96. The Morgan fingerprint density at radius 2 is 2.00 bits per heavy atom. The Bertz CT molecular complexity index is 537. The molecule has 5 heteroatoms. The van der Waals surface area contributed by atoms with Crippen molar-refractivity contribution in [2.24, 2.45) is 0 Å². The molecule has 122 valence electrons. The van der Waals surface area contributed by atoms with E-state index in [1.807, 2.05) is 21.0 Å². The average molecular weight is 307 g/mol. The minimum Gasteiger partial charge on any atom is -0.345 e. The van der Waals surface area contributed by atoms with Crippen LogP contribution in [0.15, 0.2) is 18.2 Å². The smallest absolute Gasteiger partial charge is 0.252 e. The minimum absolute atomic E-state index is 0.177. The molecule has 0 saturated carbocycles. The molecule has 0 unspecified atom stereocenters. The SMILES string of the molecule is Cc1ccc(F)cc1C(=O)NC1(CN(C)C)CCN(C)CC1. The quantitative estimate of drug-likeness (QED) is 0.923. The Hall–Kier alpha value is -1.46. The van der Waals surface area contributed by atoms with E-state index in [1.165, 1.54) is 12.1 Å². The third kappa shape index (κ3) is 4.05. The Kier molecular flexibility index (Phi) is 5.19. The number of halogens is 1. The number of aryl methyl sites for hydroxylation is 1. The van der Waals surface area contributed by atoms with Gasteiger partial charge in [-0.15, -0.1) is 0 Å². The molecule has 22 heavy (non-hydrogen) atoms. The first-order valence-electron chi connectivity index (χ1n) is 7.73. The summed E-state index contributed by atoms with van der Waals surface area (Å²) in [6.45, 7) is 4.54. The molecule has 0 spiro atoms. The van der Waals surface area contributed by atoms with E-state index in [1.54, 1.807) is 6.07 Å². The molecule has 0 atom stereocenters. The minimum atomic E-state index is -0.374. The van der Waals surface area contributed by atoms with E-state index in [0.29, 0.717) is 5.56 Å². The zero-order valence-corrected chi connectivity index (χ0v) is 13.9. The predicted molar refractivity (Wildman–Crippen MR) is 86.6 cm³/mol. The van der Waals surface area contributed by atoms with Gasteiger partial charge in [0.15, 0.2) is 0 Å². The van der Waals surface area contributed by atoms with Crippen LogP contribution in [0.4, 0.5) is 4.39 Å². The number of amides is 1. The molecule has 1 heterocycles. The Labute approximate surface area is 132 Å². The van der Waals surface area contributed by atoms with Gasteiger partial charge in [-0.25, -0.2) is 4.39 Å². The van der Waals surface area contributed by atoms with Crippen LogP contribution >= 0.6 is 0 Å². The average Bonchev–Trinajstić information content (AvgIpc) is 2.44. The van der Waals surface area contributed by atoms with Crippen molar-refractivity contribution in [3.63, 3.8) is 0 Å². The number of benzene rings is 1. The molecule has 1 aromatic carbocycles. The van der Waals surface area contributed by atoms with Crippen LogP contribution in [-0.2, 0) is 0 Å². The van der Waals surface area contributed by atoms with Gasteiger partial charge in [0.1, 0.15) is 5.82 Å². The van der Waals surface area contributed by atoms with E-state index in [0.717, 1.165) is 38.0 Å². The predicted octanol–water partition coefficient (Wildman–Crippen LogP) is 1.89. The highest BCUT2D eigenvalue weighted by Crippen LogP contribution is 2.23. The number of hydrogen-bond donors (Lipinski definition) is 1. The van der Waals surface area contributed by atoms with Gasteiger partial charge in [0.2, 0.25) is 0 Å². The molecule has 0 aromatic heterocycles. The van der Waals surface area contributed by atoms with Crippen molar-refractivity contribution >= 4 is 5.91 Å². The van der Waals surface area contributed by atoms with E-state index in [-0.39, 0.29) is 17.3 Å². The monoisotopic (exact) mass is 307 g/mol. The molecule has 1 fully saturated rings. The number of nitrogens with one attached hydrogen (secondary N) is 1. The van der Waals surface area contributed by atoms with Crippen molar-refractivity contribution in [3.8, 4) is 0 Å². The first kappa shape index (κ1) is 16.9. The summed E-state index contributed by atoms with van der Waals surface area (Å²) in [6, 6.07) is 4.36. The number of carbonyl (C=O) groups excluding carboxylic acids is 1. The van der Waals surface area contributed by atoms with Crippen LogP contribution < -0.4 is 5.32 Å². The number of likely N-dealkylation sites (N-methyl/N-ethyl adjacent to an activating group) is 1. The molecule has 1 aliphatic rings. The maximum Gasteiger partial charge on any atom is 0.252 e. The van der Waals surface area contributed by atoms with Gasteiger partial charge < -0.3 is 15.1 Å². The number of rotatable bonds is 4. The van der Waals surface area contributed by atoms with Gasteiger partial charge in [-0.1, -0.05) is 6.07 Å². The van der Waals surface area contributed by atoms with Crippen LogP contribution in [0.2, 0.25) is 0 Å². The van der Waals surface area contributed by atoms with E-state index in [4.69, 9.17) is 0 Å². The molecule has 0 aliphatic carbocycles. The molecule has 0 bridgehead atoms. The highest BCUT2D eigenvalue weighted by Gasteiger charge is 2.36. The molecule has 1 aromatic rings. The number of piperidine rings is 1. The van der Waals surface area contributed by atoms with Crippen molar-refractivity contribution in [3.05, 3.63) is 35.1 Å². The second kappa shape index (κ2) is 6.75. The van der Waals surface area contributed by atoms with E-state index >= 15 is 0 Å². The van der Waals surface area contributed by atoms with Gasteiger partial charge in [-0.2, -0.15) is 0 Å². The highest BCUT2D eigenvalue weighted by atomic mass is 19.1. The first-order chi connectivity index (χ1) is 10.3. The Morgan fingerprint density at radius 3 is 2.59 bits per heavy atom. The summed E-state index contributed by atoms with van der Waals surface area (Å²) in [4.78, 5) is 17.0. The fraction of sp³-hybridized carbons (Fsp3) is 0.588. The van der Waals surface area contributed by atoms with Gasteiger partial charge in [0.05, 0.1) is 5.54 Å². The topological polar surface area (TPSA) is 35.6 Å². The molecular formula is C17H26FN3O. The van der Waals surface area contributed by atoms with Crippen molar-refractivity contribution < 1.29 is 9.18 Å². The molecular weight excluding hydrogens is 281 g/mol. The van der Waals surface area contributed by atoms with Crippen LogP contribution in [0, 0.1) is 12.7 Å².